The van der Waals surface area contributed by atoms with Crippen molar-refractivity contribution in [3.05, 3.63) is 37.6 Å². The average Bonchev–Trinajstić information content (AvgIpc) is 2.01. The Morgan fingerprint density at radius 3 is 2.83 bits per heavy atom. The average molecular weight is 246 g/mol. The van der Waals surface area contributed by atoms with Gasteiger partial charge in [0.2, 0.25) is 0 Å². The van der Waals surface area contributed by atoms with E-state index in [0.717, 1.165) is 10.0 Å². The molecule has 5 heteroatoms. The van der Waals surface area contributed by atoms with Gasteiger partial charge in [-0.25, -0.2) is 0 Å². The van der Waals surface area contributed by atoms with Crippen molar-refractivity contribution in [3.63, 3.8) is 0 Å². The van der Waals surface area contributed by atoms with Gasteiger partial charge in [0.15, 0.2) is 0 Å². The second kappa shape index (κ2) is 3.81. The number of aryl methyl sites for hydroxylation is 1. The summed E-state index contributed by atoms with van der Waals surface area (Å²) in [5, 5.41) is 4.12. The van der Waals surface area contributed by atoms with Gasteiger partial charge in [-0.05, 0) is 46.1 Å². The first-order valence-corrected chi connectivity index (χ1v) is 4.33. The van der Waals surface area contributed by atoms with E-state index in [1.807, 2.05) is 6.92 Å². The molecule has 0 bridgehead atoms. The molecule has 0 radical (unpaired) electrons. The number of hydrogen-bond donors (Lipinski definition) is 0. The maximum absolute atomic E-state index is 8.21. The zero-order valence-electron chi connectivity index (χ0n) is 6.25. The molecule has 1 aromatic rings. The molecule has 0 spiro atoms. The molecule has 0 unspecified atom stereocenters. The molecule has 0 saturated heterocycles. The molecular formula is C7H5BrClN3. The summed E-state index contributed by atoms with van der Waals surface area (Å²) >= 11 is 9.04. The predicted molar refractivity (Wildman–Crippen MR) is 52.7 cm³/mol. The van der Waals surface area contributed by atoms with Crippen molar-refractivity contribution >= 4 is 33.2 Å². The van der Waals surface area contributed by atoms with Gasteiger partial charge in [0.05, 0.1) is 5.02 Å². The number of nitrogens with zero attached hydrogens (tertiary/aromatic N) is 3. The van der Waals surface area contributed by atoms with Crippen LogP contribution in [0.25, 0.3) is 10.4 Å². The number of rotatable bonds is 1. The van der Waals surface area contributed by atoms with Gasteiger partial charge >= 0.3 is 0 Å². The number of azide groups is 1. The highest BCUT2D eigenvalue weighted by Crippen LogP contribution is 2.30. The molecule has 0 fully saturated rings. The molecule has 0 atom stereocenters. The van der Waals surface area contributed by atoms with Gasteiger partial charge in [0.25, 0.3) is 0 Å². The van der Waals surface area contributed by atoms with Crippen LogP contribution >= 0.6 is 27.5 Å². The minimum atomic E-state index is 0.591. The molecule has 0 aliphatic rings. The summed E-state index contributed by atoms with van der Waals surface area (Å²) in [5.74, 6) is 0. The lowest BCUT2D eigenvalue weighted by Gasteiger charge is -2.01. The Labute approximate surface area is 83.1 Å². The lowest BCUT2D eigenvalue weighted by Crippen LogP contribution is -1.75. The third-order valence-corrected chi connectivity index (χ3v) is 2.59. The molecule has 0 amide bonds. The molecule has 0 saturated carbocycles. The second-order valence-corrected chi connectivity index (χ2v) is 3.50. The van der Waals surface area contributed by atoms with Gasteiger partial charge < -0.3 is 0 Å². The van der Waals surface area contributed by atoms with Crippen molar-refractivity contribution in [2.75, 3.05) is 0 Å². The Hall–Kier alpha value is -0.700. The van der Waals surface area contributed by atoms with E-state index in [0.29, 0.717) is 10.7 Å². The minimum absolute atomic E-state index is 0.591. The van der Waals surface area contributed by atoms with Gasteiger partial charge in [0.1, 0.15) is 0 Å². The summed E-state index contributed by atoms with van der Waals surface area (Å²) in [5.41, 5.74) is 9.67. The Morgan fingerprint density at radius 1 is 1.58 bits per heavy atom. The molecule has 1 rings (SSSR count). The minimum Gasteiger partial charge on any atom is -0.0831 e. The number of hydrogen-bond acceptors (Lipinski definition) is 1. The van der Waals surface area contributed by atoms with Crippen LogP contribution in [0.3, 0.4) is 0 Å². The fraction of sp³-hybridized carbons (Fsp3) is 0.143. The lowest BCUT2D eigenvalue weighted by atomic mass is 10.2. The molecular weight excluding hydrogens is 241 g/mol. The Morgan fingerprint density at radius 2 is 2.25 bits per heavy atom. The fourth-order valence-corrected chi connectivity index (χ4v) is 1.34. The van der Waals surface area contributed by atoms with Crippen LogP contribution in [0, 0.1) is 6.92 Å². The van der Waals surface area contributed by atoms with Crippen LogP contribution < -0.4 is 0 Å². The van der Waals surface area contributed by atoms with E-state index in [9.17, 15) is 0 Å². The van der Waals surface area contributed by atoms with Crippen molar-refractivity contribution < 1.29 is 0 Å². The van der Waals surface area contributed by atoms with Gasteiger partial charge in [-0.15, -0.1) is 0 Å². The maximum Gasteiger partial charge on any atom is 0.0550 e. The Balaban J connectivity index is 3.32. The molecule has 1 aromatic carbocycles. The summed E-state index contributed by atoms with van der Waals surface area (Å²) in [6.07, 6.45) is 0. The van der Waals surface area contributed by atoms with E-state index < -0.39 is 0 Å². The fourth-order valence-electron chi connectivity index (χ4n) is 0.792. The van der Waals surface area contributed by atoms with E-state index in [2.05, 4.69) is 26.0 Å². The first kappa shape index (κ1) is 9.39. The van der Waals surface area contributed by atoms with Crippen molar-refractivity contribution in [1.82, 2.24) is 0 Å². The van der Waals surface area contributed by atoms with E-state index in [-0.39, 0.29) is 0 Å². The van der Waals surface area contributed by atoms with Crippen LogP contribution in [0.5, 0.6) is 0 Å². The monoisotopic (exact) mass is 245 g/mol. The molecule has 0 aromatic heterocycles. The van der Waals surface area contributed by atoms with Crippen LogP contribution in [-0.2, 0) is 0 Å². The Bertz CT molecular complexity index is 358. The molecule has 12 heavy (non-hydrogen) atoms. The van der Waals surface area contributed by atoms with Crippen LogP contribution in [0.1, 0.15) is 5.56 Å². The van der Waals surface area contributed by atoms with Gasteiger partial charge in [0, 0.05) is 15.1 Å². The van der Waals surface area contributed by atoms with Crippen molar-refractivity contribution in [2.45, 2.75) is 6.92 Å². The largest absolute Gasteiger partial charge is 0.0831 e. The number of benzene rings is 1. The molecule has 0 aliphatic carbocycles. The summed E-state index contributed by atoms with van der Waals surface area (Å²) in [7, 11) is 0. The quantitative estimate of drug-likeness (QED) is 0.402. The molecule has 0 aliphatic heterocycles. The molecule has 0 heterocycles. The SMILES string of the molecule is Cc1cc(Cl)c(Br)cc1N=[N+]=[N-]. The zero-order valence-corrected chi connectivity index (χ0v) is 8.59. The highest BCUT2D eigenvalue weighted by molar-refractivity contribution is 9.10. The third kappa shape index (κ3) is 1.91. The zero-order chi connectivity index (χ0) is 9.14. The predicted octanol–water partition coefficient (Wildman–Crippen LogP) is 4.35. The normalized spacial score (nSPS) is 9.25. The molecule has 0 N–H and O–H groups in total. The smallest absolute Gasteiger partial charge is 0.0550 e. The standard InChI is InChI=1S/C7H5BrClN3/c1-4-2-6(9)5(8)3-7(4)11-12-10/h2-3H,1H3. The maximum atomic E-state index is 8.21. The molecule has 62 valence electrons. The van der Waals surface area contributed by atoms with Crippen molar-refractivity contribution in [3.8, 4) is 0 Å². The Kier molecular flexibility index (Phi) is 2.98. The first-order valence-electron chi connectivity index (χ1n) is 3.16. The highest BCUT2D eigenvalue weighted by Gasteiger charge is 2.01. The third-order valence-electron chi connectivity index (χ3n) is 1.39. The van der Waals surface area contributed by atoms with Gasteiger partial charge in [-0.1, -0.05) is 16.7 Å². The lowest BCUT2D eigenvalue weighted by molar-refractivity contribution is 1.37. The van der Waals surface area contributed by atoms with Crippen LogP contribution in [0.2, 0.25) is 5.02 Å². The second-order valence-electron chi connectivity index (χ2n) is 2.24. The van der Waals surface area contributed by atoms with Gasteiger partial charge in [-0.2, -0.15) is 0 Å². The summed E-state index contributed by atoms with van der Waals surface area (Å²) in [4.78, 5) is 2.70. The van der Waals surface area contributed by atoms with Crippen molar-refractivity contribution in [1.29, 1.82) is 0 Å². The summed E-state index contributed by atoms with van der Waals surface area (Å²) in [6, 6.07) is 3.44. The van der Waals surface area contributed by atoms with Crippen LogP contribution in [-0.4, -0.2) is 0 Å². The van der Waals surface area contributed by atoms with Crippen LogP contribution in [0.4, 0.5) is 5.69 Å². The highest BCUT2D eigenvalue weighted by atomic mass is 79.9. The van der Waals surface area contributed by atoms with E-state index in [1.165, 1.54) is 0 Å². The van der Waals surface area contributed by atoms with E-state index >= 15 is 0 Å². The van der Waals surface area contributed by atoms with Crippen molar-refractivity contribution in [2.24, 2.45) is 5.11 Å². The van der Waals surface area contributed by atoms with E-state index in [1.54, 1.807) is 12.1 Å². The van der Waals surface area contributed by atoms with Gasteiger partial charge in [-0.3, -0.25) is 0 Å². The van der Waals surface area contributed by atoms with E-state index in [4.69, 9.17) is 17.1 Å². The topological polar surface area (TPSA) is 48.8 Å². The first-order chi connectivity index (χ1) is 5.65. The van der Waals surface area contributed by atoms with Crippen LogP contribution in [0.15, 0.2) is 21.7 Å². The summed E-state index contributed by atoms with van der Waals surface area (Å²) < 4.78 is 0.733. The molecule has 3 nitrogen and oxygen atoms in total. The summed E-state index contributed by atoms with van der Waals surface area (Å²) in [6.45, 7) is 1.84. The number of halogens is 2.